The molecule has 0 spiro atoms. The third-order valence-corrected chi connectivity index (χ3v) is 4.28. The van der Waals surface area contributed by atoms with Crippen LogP contribution in [0, 0.1) is 6.92 Å². The summed E-state index contributed by atoms with van der Waals surface area (Å²) in [5.41, 5.74) is 2.44. The predicted octanol–water partition coefficient (Wildman–Crippen LogP) is 0.652. The van der Waals surface area contributed by atoms with E-state index in [0.29, 0.717) is 22.4 Å². The van der Waals surface area contributed by atoms with Gasteiger partial charge in [0.05, 0.1) is 13.2 Å². The second kappa shape index (κ2) is 5.64. The lowest BCUT2D eigenvalue weighted by Crippen LogP contribution is -2.16. The maximum atomic E-state index is 12.6. The van der Waals surface area contributed by atoms with E-state index in [9.17, 15) is 18.4 Å². The molecule has 3 rings (SSSR count). The van der Waals surface area contributed by atoms with Crippen molar-refractivity contribution in [2.75, 3.05) is 0 Å². The molecule has 0 fully saturated rings. The minimum atomic E-state index is -2.21. The fraction of sp³-hybridized carbons (Fsp3) is 0.286. The monoisotopic (exact) mass is 321 g/mol. The Morgan fingerprint density at radius 2 is 2.05 bits per heavy atom. The summed E-state index contributed by atoms with van der Waals surface area (Å²) in [5, 5.41) is 5.00. The number of ether oxygens (including phenoxy) is 1. The first-order valence-corrected chi connectivity index (χ1v) is 7.82. The lowest BCUT2D eigenvalue weighted by molar-refractivity contribution is 0.103. The van der Waals surface area contributed by atoms with Gasteiger partial charge in [0.15, 0.2) is 0 Å². The van der Waals surface area contributed by atoms with Crippen LogP contribution in [0.4, 0.5) is 0 Å². The Kier molecular flexibility index (Phi) is 3.81. The summed E-state index contributed by atoms with van der Waals surface area (Å²) in [6.45, 7) is 2.14. The van der Waals surface area contributed by atoms with Crippen LogP contribution in [0.5, 0.6) is 0 Å². The zero-order valence-electron chi connectivity index (χ0n) is 11.7. The first-order chi connectivity index (χ1) is 10.5. The Hall–Kier alpha value is -2.03. The third-order valence-electron chi connectivity index (χ3n) is 3.73. The number of aromatic nitrogens is 2. The smallest absolute Gasteiger partial charge is 0.275 e. The quantitative estimate of drug-likeness (QED) is 0.634. The lowest BCUT2D eigenvalue weighted by atomic mass is 9.93. The molecule has 8 heteroatoms. The van der Waals surface area contributed by atoms with E-state index in [1.165, 1.54) is 0 Å². The molecule has 22 heavy (non-hydrogen) atoms. The maximum absolute atomic E-state index is 12.6. The Labute approximate surface area is 128 Å². The number of hydrogen-bond acceptors (Lipinski definition) is 5. The molecule has 1 aliphatic rings. The van der Waals surface area contributed by atoms with Crippen molar-refractivity contribution in [3.63, 3.8) is 0 Å². The molecule has 0 aliphatic carbocycles. The minimum absolute atomic E-state index is 0.0641. The first-order valence-electron chi connectivity index (χ1n) is 6.58. The molecule has 1 unspecified atom stereocenters. The minimum Gasteiger partial charge on any atom is -0.772 e. The molecular weight excluding hydrogens is 308 g/mol. The highest BCUT2D eigenvalue weighted by atomic mass is 32.2. The van der Waals surface area contributed by atoms with Gasteiger partial charge in [-0.3, -0.25) is 18.9 Å². The van der Waals surface area contributed by atoms with Crippen molar-refractivity contribution < 1.29 is 18.3 Å². The average Bonchev–Trinajstić information content (AvgIpc) is 3.05. The number of aromatic amines is 2. The van der Waals surface area contributed by atoms with Crippen LogP contribution in [0.3, 0.4) is 0 Å². The van der Waals surface area contributed by atoms with Crippen molar-refractivity contribution in [3.8, 4) is 0 Å². The summed E-state index contributed by atoms with van der Waals surface area (Å²) >= 11 is -2.21. The molecule has 7 nitrogen and oxygen atoms in total. The molecule has 1 aromatic heterocycles. The Morgan fingerprint density at radius 3 is 2.68 bits per heavy atom. The normalized spacial score (nSPS) is 14.8. The van der Waals surface area contributed by atoms with Crippen LogP contribution in [0.2, 0.25) is 0 Å². The van der Waals surface area contributed by atoms with Gasteiger partial charge in [-0.25, -0.2) is 0 Å². The van der Waals surface area contributed by atoms with E-state index in [1.807, 2.05) is 0 Å². The van der Waals surface area contributed by atoms with Gasteiger partial charge < -0.3 is 14.4 Å². The topological polar surface area (TPSA) is 115 Å². The fourth-order valence-electron chi connectivity index (χ4n) is 2.67. The number of carbonyl (C=O) groups excluding carboxylic acids is 1. The number of nitrogens with one attached hydrogen (secondary N) is 2. The lowest BCUT2D eigenvalue weighted by Gasteiger charge is -2.12. The number of fused-ring (bicyclic) bond motifs is 1. The fourth-order valence-corrected chi connectivity index (χ4v) is 3.19. The van der Waals surface area contributed by atoms with E-state index < -0.39 is 22.4 Å². The molecule has 0 saturated heterocycles. The molecule has 1 atom stereocenters. The second-order valence-electron chi connectivity index (χ2n) is 5.08. The van der Waals surface area contributed by atoms with Gasteiger partial charge in [0, 0.05) is 17.0 Å². The number of carbonyl (C=O) groups is 1. The van der Waals surface area contributed by atoms with E-state index >= 15 is 0 Å². The zero-order chi connectivity index (χ0) is 15.9. The van der Waals surface area contributed by atoms with Crippen molar-refractivity contribution in [3.05, 3.63) is 56.0 Å². The van der Waals surface area contributed by atoms with Gasteiger partial charge in [-0.2, -0.15) is 0 Å². The molecule has 2 N–H and O–H groups in total. The SMILES string of the molecule is Cc1[nH][nH]c(=O)c1C(=O)c1ccc(CS(=O)[O-])c2c1COC2. The molecule has 0 bridgehead atoms. The number of rotatable bonds is 4. The summed E-state index contributed by atoms with van der Waals surface area (Å²) in [5.74, 6) is -0.513. The molecule has 2 aromatic rings. The second-order valence-corrected chi connectivity index (χ2v) is 5.97. The summed E-state index contributed by atoms with van der Waals surface area (Å²) in [4.78, 5) is 24.4. The van der Waals surface area contributed by atoms with E-state index in [0.717, 1.165) is 5.56 Å². The van der Waals surface area contributed by atoms with Crippen LogP contribution in [-0.4, -0.2) is 24.7 Å². The van der Waals surface area contributed by atoms with Gasteiger partial charge in [-0.05, 0) is 23.6 Å². The summed E-state index contributed by atoms with van der Waals surface area (Å²) in [7, 11) is 0. The van der Waals surface area contributed by atoms with Crippen LogP contribution in [0.1, 0.15) is 38.3 Å². The Morgan fingerprint density at radius 1 is 1.32 bits per heavy atom. The van der Waals surface area contributed by atoms with Gasteiger partial charge in [0.1, 0.15) is 5.56 Å². The summed E-state index contributed by atoms with van der Waals surface area (Å²) < 4.78 is 27.2. The van der Waals surface area contributed by atoms with Gasteiger partial charge >= 0.3 is 0 Å². The molecule has 2 heterocycles. The largest absolute Gasteiger partial charge is 0.772 e. The predicted molar refractivity (Wildman–Crippen MR) is 77.1 cm³/mol. The molecular formula is C14H13N2O5S-. The average molecular weight is 321 g/mol. The van der Waals surface area contributed by atoms with Crippen molar-refractivity contribution in [1.82, 2.24) is 10.2 Å². The number of aryl methyl sites for hydroxylation is 1. The van der Waals surface area contributed by atoms with Crippen LogP contribution in [0.15, 0.2) is 16.9 Å². The highest BCUT2D eigenvalue weighted by Crippen LogP contribution is 2.29. The van der Waals surface area contributed by atoms with Gasteiger partial charge in [-0.15, -0.1) is 0 Å². The van der Waals surface area contributed by atoms with Gasteiger partial charge in [0.2, 0.25) is 5.78 Å². The van der Waals surface area contributed by atoms with Crippen molar-refractivity contribution in [2.24, 2.45) is 0 Å². The molecule has 1 aromatic carbocycles. The highest BCUT2D eigenvalue weighted by Gasteiger charge is 2.26. The van der Waals surface area contributed by atoms with E-state index in [-0.39, 0.29) is 24.5 Å². The van der Waals surface area contributed by atoms with E-state index in [1.54, 1.807) is 19.1 Å². The molecule has 0 saturated carbocycles. The first kappa shape index (κ1) is 14.9. The standard InChI is InChI=1S/C14H14N2O5S/c1-7-12(14(18)16-15-7)13(17)9-3-2-8(6-22(19)20)10-4-21-5-11(9)10/h2-3H,4-6H2,1H3,(H,19,20)(H2,15,16,18)/p-1. The van der Waals surface area contributed by atoms with E-state index in [2.05, 4.69) is 10.2 Å². The Bertz CT molecular complexity index is 836. The molecule has 0 radical (unpaired) electrons. The molecule has 0 amide bonds. The van der Waals surface area contributed by atoms with Crippen molar-refractivity contribution in [2.45, 2.75) is 25.9 Å². The van der Waals surface area contributed by atoms with E-state index in [4.69, 9.17) is 4.74 Å². The van der Waals surface area contributed by atoms with Crippen molar-refractivity contribution in [1.29, 1.82) is 0 Å². The van der Waals surface area contributed by atoms with Crippen LogP contribution >= 0.6 is 0 Å². The highest BCUT2D eigenvalue weighted by molar-refractivity contribution is 7.78. The number of ketones is 1. The van der Waals surface area contributed by atoms with Crippen molar-refractivity contribution >= 4 is 16.9 Å². The number of benzene rings is 1. The zero-order valence-corrected chi connectivity index (χ0v) is 12.5. The molecule has 116 valence electrons. The summed E-state index contributed by atoms with van der Waals surface area (Å²) in [6.07, 6.45) is 0. The number of H-pyrrole nitrogens is 2. The maximum Gasteiger partial charge on any atom is 0.275 e. The third kappa shape index (κ3) is 2.45. The van der Waals surface area contributed by atoms with Crippen LogP contribution < -0.4 is 5.56 Å². The van der Waals surface area contributed by atoms with Gasteiger partial charge in [0.25, 0.3) is 5.56 Å². The number of hydrogen-bond donors (Lipinski definition) is 2. The van der Waals surface area contributed by atoms with Crippen LogP contribution in [0.25, 0.3) is 0 Å². The van der Waals surface area contributed by atoms with Crippen LogP contribution in [-0.2, 0) is 34.8 Å². The van der Waals surface area contributed by atoms with Gasteiger partial charge in [-0.1, -0.05) is 23.2 Å². The molecule has 1 aliphatic heterocycles. The summed E-state index contributed by atoms with van der Waals surface area (Å²) in [6, 6.07) is 3.16. The Balaban J connectivity index is 2.10.